The van der Waals surface area contributed by atoms with Gasteiger partial charge in [-0.1, -0.05) is 29.8 Å². The van der Waals surface area contributed by atoms with Crippen molar-refractivity contribution in [3.8, 4) is 29.1 Å². The predicted octanol–water partition coefficient (Wildman–Crippen LogP) is 5.61. The first-order chi connectivity index (χ1) is 15.5. The Hall–Kier alpha value is -4.15. The number of ether oxygens (including phenoxy) is 3. The quantitative estimate of drug-likeness (QED) is 0.343. The Balaban J connectivity index is 1.68. The highest BCUT2D eigenvalue weighted by Crippen LogP contribution is 2.36. The number of nitrogens with zero attached hydrogens (tertiary/aromatic N) is 1. The highest BCUT2D eigenvalue weighted by molar-refractivity contribution is 6.32. The van der Waals surface area contributed by atoms with Gasteiger partial charge in [-0.25, -0.2) is 0 Å². The summed E-state index contributed by atoms with van der Waals surface area (Å²) in [6, 6.07) is 21.2. The summed E-state index contributed by atoms with van der Waals surface area (Å²) in [5, 5.41) is 15.4. The summed E-state index contributed by atoms with van der Waals surface area (Å²) in [6.45, 7) is 0. The second kappa shape index (κ2) is 10.8. The van der Waals surface area contributed by atoms with Crippen molar-refractivity contribution >= 4 is 28.9 Å². The lowest BCUT2D eigenvalue weighted by Crippen LogP contribution is -2.14. The van der Waals surface area contributed by atoms with Crippen molar-refractivity contribution in [2.45, 2.75) is 0 Å². The van der Waals surface area contributed by atoms with Gasteiger partial charge >= 0.3 is 0 Å². The Kier molecular flexibility index (Phi) is 7.57. The maximum atomic E-state index is 12.5. The van der Waals surface area contributed by atoms with Gasteiger partial charge in [0.15, 0.2) is 0 Å². The SMILES string of the molecule is COc1cc(N/C=C(/C#N)C(=O)Nc2ccc(Oc3ccccc3)cc2)c(OC)cc1Cl. The summed E-state index contributed by atoms with van der Waals surface area (Å²) < 4.78 is 16.2. The van der Waals surface area contributed by atoms with E-state index in [9.17, 15) is 10.1 Å². The van der Waals surface area contributed by atoms with Crippen LogP contribution in [0.1, 0.15) is 0 Å². The first-order valence-corrected chi connectivity index (χ1v) is 9.84. The molecule has 162 valence electrons. The Labute approximate surface area is 190 Å². The zero-order valence-electron chi connectivity index (χ0n) is 17.4. The molecule has 0 atom stereocenters. The van der Waals surface area contributed by atoms with Crippen molar-refractivity contribution in [3.05, 3.63) is 83.5 Å². The molecule has 0 saturated carbocycles. The highest BCUT2D eigenvalue weighted by Gasteiger charge is 2.12. The molecule has 8 heteroatoms. The molecule has 3 aromatic rings. The Morgan fingerprint density at radius 3 is 2.25 bits per heavy atom. The number of para-hydroxylation sites is 1. The standard InChI is InChI=1S/C24H20ClN3O4/c1-30-22-13-21(23(31-2)12-20(22)25)27-15-16(14-26)24(29)28-17-8-10-19(11-9-17)32-18-6-4-3-5-7-18/h3-13,15,27H,1-2H3,(H,28,29)/b16-15-. The molecule has 0 aliphatic rings. The molecule has 0 radical (unpaired) electrons. The minimum atomic E-state index is -0.573. The molecule has 0 fully saturated rings. The van der Waals surface area contributed by atoms with Crippen LogP contribution < -0.4 is 24.8 Å². The lowest BCUT2D eigenvalue weighted by Gasteiger charge is -2.12. The molecule has 0 aromatic heterocycles. The number of carbonyl (C=O) groups excluding carboxylic acids is 1. The van der Waals surface area contributed by atoms with E-state index in [-0.39, 0.29) is 5.57 Å². The van der Waals surface area contributed by atoms with Crippen LogP contribution in [0.15, 0.2) is 78.5 Å². The molecule has 2 N–H and O–H groups in total. The van der Waals surface area contributed by atoms with Gasteiger partial charge in [0.25, 0.3) is 5.91 Å². The van der Waals surface area contributed by atoms with Crippen LogP contribution in [-0.2, 0) is 4.79 Å². The fraction of sp³-hybridized carbons (Fsp3) is 0.0833. The number of hydrogen-bond acceptors (Lipinski definition) is 6. The lowest BCUT2D eigenvalue weighted by atomic mass is 10.2. The number of methoxy groups -OCH3 is 2. The van der Waals surface area contributed by atoms with E-state index in [1.807, 2.05) is 36.4 Å². The Bertz CT molecular complexity index is 1160. The Morgan fingerprint density at radius 2 is 1.62 bits per heavy atom. The number of halogens is 1. The lowest BCUT2D eigenvalue weighted by molar-refractivity contribution is -0.112. The molecule has 0 saturated heterocycles. The first-order valence-electron chi connectivity index (χ1n) is 9.46. The number of nitriles is 1. The topological polar surface area (TPSA) is 92.6 Å². The summed E-state index contributed by atoms with van der Waals surface area (Å²) in [4.78, 5) is 12.5. The van der Waals surface area contributed by atoms with Crippen LogP contribution in [0.5, 0.6) is 23.0 Å². The van der Waals surface area contributed by atoms with E-state index in [0.29, 0.717) is 39.4 Å². The molecule has 32 heavy (non-hydrogen) atoms. The van der Waals surface area contributed by atoms with Gasteiger partial charge in [-0.3, -0.25) is 4.79 Å². The largest absolute Gasteiger partial charge is 0.495 e. The molecule has 3 aromatic carbocycles. The van der Waals surface area contributed by atoms with Gasteiger partial charge in [0.1, 0.15) is 34.6 Å². The van der Waals surface area contributed by atoms with Crippen LogP contribution >= 0.6 is 11.6 Å². The van der Waals surface area contributed by atoms with E-state index in [4.69, 9.17) is 25.8 Å². The van der Waals surface area contributed by atoms with Crippen molar-refractivity contribution in [3.63, 3.8) is 0 Å². The Morgan fingerprint density at radius 1 is 0.969 bits per heavy atom. The molecule has 7 nitrogen and oxygen atoms in total. The number of benzene rings is 3. The van der Waals surface area contributed by atoms with E-state index in [1.165, 1.54) is 20.4 Å². The van der Waals surface area contributed by atoms with Gasteiger partial charge < -0.3 is 24.8 Å². The second-order valence-corrected chi connectivity index (χ2v) is 6.80. The molecular weight excluding hydrogens is 430 g/mol. The minimum absolute atomic E-state index is 0.134. The monoisotopic (exact) mass is 449 g/mol. The van der Waals surface area contributed by atoms with Gasteiger partial charge in [0.05, 0.1) is 24.9 Å². The second-order valence-electron chi connectivity index (χ2n) is 6.39. The number of anilines is 2. The summed E-state index contributed by atoms with van der Waals surface area (Å²) >= 11 is 6.09. The number of rotatable bonds is 8. The van der Waals surface area contributed by atoms with E-state index in [1.54, 1.807) is 36.4 Å². The smallest absolute Gasteiger partial charge is 0.267 e. The summed E-state index contributed by atoms with van der Waals surface area (Å²) in [6.07, 6.45) is 1.29. The van der Waals surface area contributed by atoms with Crippen LogP contribution in [0.25, 0.3) is 0 Å². The molecule has 0 bridgehead atoms. The summed E-state index contributed by atoms with van der Waals surface area (Å²) in [7, 11) is 2.97. The summed E-state index contributed by atoms with van der Waals surface area (Å²) in [5.74, 6) is 1.61. The van der Waals surface area contributed by atoms with Gasteiger partial charge in [0.2, 0.25) is 0 Å². The fourth-order valence-electron chi connectivity index (χ4n) is 2.70. The number of nitrogens with one attached hydrogen (secondary N) is 2. The number of amides is 1. The predicted molar refractivity (Wildman–Crippen MR) is 123 cm³/mol. The van der Waals surface area contributed by atoms with Crippen molar-refractivity contribution in [2.75, 3.05) is 24.9 Å². The van der Waals surface area contributed by atoms with E-state index >= 15 is 0 Å². The first kappa shape index (κ1) is 22.5. The maximum absolute atomic E-state index is 12.5. The van der Waals surface area contributed by atoms with Crippen LogP contribution in [0.3, 0.4) is 0 Å². The molecule has 0 heterocycles. The van der Waals surface area contributed by atoms with Crippen molar-refractivity contribution in [1.29, 1.82) is 5.26 Å². The molecule has 3 rings (SSSR count). The fourth-order valence-corrected chi connectivity index (χ4v) is 2.93. The molecular formula is C24H20ClN3O4. The minimum Gasteiger partial charge on any atom is -0.495 e. The van der Waals surface area contributed by atoms with Gasteiger partial charge in [-0.15, -0.1) is 0 Å². The van der Waals surface area contributed by atoms with Crippen LogP contribution in [0.2, 0.25) is 5.02 Å². The molecule has 0 aliphatic heterocycles. The number of carbonyl (C=O) groups is 1. The normalized spacial score (nSPS) is 10.6. The van der Waals surface area contributed by atoms with E-state index < -0.39 is 5.91 Å². The van der Waals surface area contributed by atoms with Gasteiger partial charge in [-0.2, -0.15) is 5.26 Å². The average Bonchev–Trinajstić information content (AvgIpc) is 2.82. The third kappa shape index (κ3) is 5.72. The van der Waals surface area contributed by atoms with Gasteiger partial charge in [-0.05, 0) is 36.4 Å². The van der Waals surface area contributed by atoms with Crippen molar-refractivity contribution in [2.24, 2.45) is 0 Å². The highest BCUT2D eigenvalue weighted by atomic mass is 35.5. The zero-order chi connectivity index (χ0) is 22.9. The van der Waals surface area contributed by atoms with Crippen molar-refractivity contribution < 1.29 is 19.0 Å². The average molecular weight is 450 g/mol. The van der Waals surface area contributed by atoms with Crippen molar-refractivity contribution in [1.82, 2.24) is 0 Å². The van der Waals surface area contributed by atoms with Crippen LogP contribution in [-0.4, -0.2) is 20.1 Å². The third-order valence-electron chi connectivity index (χ3n) is 4.30. The molecule has 0 spiro atoms. The third-order valence-corrected chi connectivity index (χ3v) is 4.60. The van der Waals surface area contributed by atoms with Gasteiger partial charge in [0, 0.05) is 24.0 Å². The molecule has 0 aliphatic carbocycles. The summed E-state index contributed by atoms with van der Waals surface area (Å²) in [5.41, 5.74) is 0.865. The molecule has 0 unspecified atom stereocenters. The zero-order valence-corrected chi connectivity index (χ0v) is 18.1. The van der Waals surface area contributed by atoms with Crippen LogP contribution in [0, 0.1) is 11.3 Å². The van der Waals surface area contributed by atoms with E-state index in [0.717, 1.165) is 0 Å². The van der Waals surface area contributed by atoms with Crippen LogP contribution in [0.4, 0.5) is 11.4 Å². The van der Waals surface area contributed by atoms with E-state index in [2.05, 4.69) is 10.6 Å². The maximum Gasteiger partial charge on any atom is 0.267 e. The number of hydrogen-bond donors (Lipinski definition) is 2. The molecule has 1 amide bonds.